The van der Waals surface area contributed by atoms with Crippen molar-refractivity contribution >= 4 is 5.52 Å². The van der Waals surface area contributed by atoms with Crippen molar-refractivity contribution in [3.05, 3.63) is 35.0 Å². The first-order valence-electron chi connectivity index (χ1n) is 5.97. The lowest BCUT2D eigenvalue weighted by molar-refractivity contribution is 0.172. The Kier molecular flexibility index (Phi) is 4.11. The average molecular weight is 250 g/mol. The van der Waals surface area contributed by atoms with Gasteiger partial charge in [-0.1, -0.05) is 0 Å². The molecule has 6 heteroatoms. The fourth-order valence-electron chi connectivity index (χ4n) is 1.88. The quantitative estimate of drug-likeness (QED) is 0.791. The van der Waals surface area contributed by atoms with E-state index in [2.05, 4.69) is 10.4 Å². The summed E-state index contributed by atoms with van der Waals surface area (Å²) in [4.78, 5) is 12.0. The third kappa shape index (κ3) is 2.77. The normalized spacial score (nSPS) is 13.0. The molecule has 0 saturated heterocycles. The molecule has 2 aromatic heterocycles. The Hall–Kier alpha value is -1.66. The number of nitrogens with one attached hydrogen (secondary N) is 1. The van der Waals surface area contributed by atoms with Crippen LogP contribution in [0.3, 0.4) is 0 Å². The second-order valence-corrected chi connectivity index (χ2v) is 4.27. The zero-order valence-electron chi connectivity index (χ0n) is 10.7. The summed E-state index contributed by atoms with van der Waals surface area (Å²) in [6, 6.07) is 2.00. The van der Waals surface area contributed by atoms with Crippen LogP contribution in [0.25, 0.3) is 5.52 Å². The van der Waals surface area contributed by atoms with Crippen molar-refractivity contribution in [1.29, 1.82) is 0 Å². The first-order valence-corrected chi connectivity index (χ1v) is 5.97. The zero-order valence-corrected chi connectivity index (χ0v) is 10.7. The minimum Gasteiger partial charge on any atom is -0.383 e. The summed E-state index contributed by atoms with van der Waals surface area (Å²) in [7, 11) is 1.68. The van der Waals surface area contributed by atoms with E-state index in [9.17, 15) is 4.79 Å². The molecular formula is C12H18N4O2. The van der Waals surface area contributed by atoms with Crippen LogP contribution in [0.15, 0.2) is 29.5 Å². The summed E-state index contributed by atoms with van der Waals surface area (Å²) in [5.74, 6) is 0. The molecule has 2 rings (SSSR count). The highest BCUT2D eigenvalue weighted by atomic mass is 16.5. The van der Waals surface area contributed by atoms with E-state index in [-0.39, 0.29) is 11.6 Å². The van der Waals surface area contributed by atoms with Gasteiger partial charge >= 0.3 is 0 Å². The van der Waals surface area contributed by atoms with Crippen molar-refractivity contribution in [2.24, 2.45) is 0 Å². The first-order chi connectivity index (χ1) is 8.72. The van der Waals surface area contributed by atoms with Crippen molar-refractivity contribution in [3.8, 4) is 0 Å². The number of nitrogens with zero attached hydrogens (tertiary/aromatic N) is 3. The van der Waals surface area contributed by atoms with Gasteiger partial charge in [-0.2, -0.15) is 5.10 Å². The van der Waals surface area contributed by atoms with Gasteiger partial charge < -0.3 is 14.6 Å². The van der Waals surface area contributed by atoms with Crippen LogP contribution >= 0.6 is 0 Å². The molecule has 2 heterocycles. The molecule has 2 aromatic rings. The molecular weight excluding hydrogens is 232 g/mol. The lowest BCUT2D eigenvalue weighted by Gasteiger charge is -2.13. The van der Waals surface area contributed by atoms with E-state index in [1.165, 1.54) is 0 Å². The van der Waals surface area contributed by atoms with Crippen LogP contribution < -0.4 is 10.9 Å². The molecule has 0 bridgehead atoms. The summed E-state index contributed by atoms with van der Waals surface area (Å²) >= 11 is 0. The minimum atomic E-state index is -0.0174. The lowest BCUT2D eigenvalue weighted by atomic mass is 10.3. The van der Waals surface area contributed by atoms with E-state index in [1.807, 2.05) is 6.92 Å². The predicted octanol–water partition coefficient (Wildman–Crippen LogP) is 0.120. The maximum absolute atomic E-state index is 12.0. The summed E-state index contributed by atoms with van der Waals surface area (Å²) in [5, 5.41) is 7.32. The smallest absolute Gasteiger partial charge is 0.276 e. The molecule has 0 aliphatic carbocycles. The molecule has 0 aliphatic heterocycles. The Bertz CT molecular complexity index is 560. The molecule has 1 N–H and O–H groups in total. The fraction of sp³-hybridized carbons (Fsp3) is 0.500. The maximum atomic E-state index is 12.0. The van der Waals surface area contributed by atoms with Crippen molar-refractivity contribution in [2.45, 2.75) is 19.5 Å². The van der Waals surface area contributed by atoms with Gasteiger partial charge in [0.15, 0.2) is 0 Å². The second-order valence-electron chi connectivity index (χ2n) is 4.27. The van der Waals surface area contributed by atoms with Gasteiger partial charge in [0.05, 0.1) is 12.8 Å². The molecule has 0 amide bonds. The fourth-order valence-corrected chi connectivity index (χ4v) is 1.88. The van der Waals surface area contributed by atoms with Gasteiger partial charge in [-0.3, -0.25) is 4.79 Å². The summed E-state index contributed by atoms with van der Waals surface area (Å²) in [6.07, 6.45) is 5.17. The molecule has 18 heavy (non-hydrogen) atoms. The molecule has 0 saturated carbocycles. The van der Waals surface area contributed by atoms with Crippen molar-refractivity contribution < 1.29 is 4.74 Å². The molecule has 0 aliphatic rings. The number of rotatable bonds is 6. The topological polar surface area (TPSA) is 60.6 Å². The molecule has 0 fully saturated rings. The molecule has 0 aromatic carbocycles. The highest BCUT2D eigenvalue weighted by Crippen LogP contribution is 1.94. The van der Waals surface area contributed by atoms with E-state index < -0.39 is 0 Å². The van der Waals surface area contributed by atoms with Crippen LogP contribution in [-0.4, -0.2) is 40.5 Å². The first kappa shape index (κ1) is 12.8. The highest BCUT2D eigenvalue weighted by Gasteiger charge is 2.04. The van der Waals surface area contributed by atoms with Crippen molar-refractivity contribution in [2.75, 3.05) is 20.3 Å². The van der Waals surface area contributed by atoms with Crippen LogP contribution in [0, 0.1) is 0 Å². The average Bonchev–Trinajstić information content (AvgIpc) is 2.81. The third-order valence-corrected chi connectivity index (χ3v) is 2.80. The predicted molar refractivity (Wildman–Crippen MR) is 68.8 cm³/mol. The Morgan fingerprint density at radius 1 is 1.50 bits per heavy atom. The van der Waals surface area contributed by atoms with Crippen LogP contribution in [0.2, 0.25) is 0 Å². The molecule has 6 nitrogen and oxygen atoms in total. The standard InChI is InChI=1S/C12H18N4O2/c1-10(9-18-2)13-5-6-15-7-8-16-11(12(15)17)3-4-14-16/h3-4,7-8,10,13H,5-6,9H2,1-2H3. The molecule has 98 valence electrons. The number of hydrogen-bond acceptors (Lipinski definition) is 4. The Balaban J connectivity index is 1.99. The third-order valence-electron chi connectivity index (χ3n) is 2.80. The van der Waals surface area contributed by atoms with Crippen molar-refractivity contribution in [1.82, 2.24) is 19.5 Å². The van der Waals surface area contributed by atoms with E-state index in [0.29, 0.717) is 18.7 Å². The van der Waals surface area contributed by atoms with E-state index in [4.69, 9.17) is 4.74 Å². The second kappa shape index (κ2) is 5.79. The van der Waals surface area contributed by atoms with Gasteiger partial charge in [0.2, 0.25) is 0 Å². The Labute approximate surface area is 105 Å². The summed E-state index contributed by atoms with van der Waals surface area (Å²) < 4.78 is 8.30. The van der Waals surface area contributed by atoms with Gasteiger partial charge in [-0.05, 0) is 13.0 Å². The van der Waals surface area contributed by atoms with E-state index >= 15 is 0 Å². The number of aromatic nitrogens is 3. The lowest BCUT2D eigenvalue weighted by Crippen LogP contribution is -2.34. The van der Waals surface area contributed by atoms with Gasteiger partial charge in [-0.25, -0.2) is 4.52 Å². The van der Waals surface area contributed by atoms with Crippen LogP contribution in [-0.2, 0) is 11.3 Å². The zero-order chi connectivity index (χ0) is 13.0. The monoisotopic (exact) mass is 250 g/mol. The number of ether oxygens (including phenoxy) is 1. The molecule has 0 radical (unpaired) electrons. The van der Waals surface area contributed by atoms with Crippen molar-refractivity contribution in [3.63, 3.8) is 0 Å². The van der Waals surface area contributed by atoms with Gasteiger partial charge in [0.25, 0.3) is 5.56 Å². The Morgan fingerprint density at radius 2 is 2.33 bits per heavy atom. The van der Waals surface area contributed by atoms with Crippen LogP contribution in [0.1, 0.15) is 6.92 Å². The number of methoxy groups -OCH3 is 1. The molecule has 1 unspecified atom stereocenters. The molecule has 0 spiro atoms. The summed E-state index contributed by atoms with van der Waals surface area (Å²) in [5.41, 5.74) is 0.582. The number of hydrogen-bond donors (Lipinski definition) is 1. The minimum absolute atomic E-state index is 0.0174. The van der Waals surface area contributed by atoms with E-state index in [0.717, 1.165) is 6.54 Å². The van der Waals surface area contributed by atoms with Gasteiger partial charge in [-0.15, -0.1) is 0 Å². The van der Waals surface area contributed by atoms with E-state index in [1.54, 1.807) is 40.8 Å². The van der Waals surface area contributed by atoms with Crippen LogP contribution in [0.4, 0.5) is 0 Å². The molecule has 1 atom stereocenters. The maximum Gasteiger partial charge on any atom is 0.276 e. The highest BCUT2D eigenvalue weighted by molar-refractivity contribution is 5.42. The van der Waals surface area contributed by atoms with Crippen LogP contribution in [0.5, 0.6) is 0 Å². The largest absolute Gasteiger partial charge is 0.383 e. The van der Waals surface area contributed by atoms with Gasteiger partial charge in [0, 0.05) is 38.6 Å². The summed E-state index contributed by atoms with van der Waals surface area (Å²) in [6.45, 7) is 4.08. The Morgan fingerprint density at radius 3 is 3.11 bits per heavy atom. The number of fused-ring (bicyclic) bond motifs is 1. The SMILES string of the molecule is COCC(C)NCCn1ccn2nccc2c1=O. The van der Waals surface area contributed by atoms with Gasteiger partial charge in [0.1, 0.15) is 5.52 Å².